The van der Waals surface area contributed by atoms with Gasteiger partial charge in [0.25, 0.3) is 0 Å². The topological polar surface area (TPSA) is 16.4 Å². The van der Waals surface area contributed by atoms with Gasteiger partial charge in [-0.15, -0.1) is 0 Å². The number of para-hydroxylation sites is 1. The zero-order valence-corrected chi connectivity index (χ0v) is 30.0. The van der Waals surface area contributed by atoms with Crippen LogP contribution in [-0.4, -0.2) is 0 Å². The van der Waals surface area contributed by atoms with E-state index in [1.54, 1.807) is 0 Å². The lowest BCUT2D eigenvalue weighted by Gasteiger charge is -2.33. The zero-order valence-electron chi connectivity index (χ0n) is 30.0. The smallest absolute Gasteiger partial charge is 0.139 e. The molecule has 6 aromatic carbocycles. The monoisotopic (exact) mass is 639 g/mol. The van der Waals surface area contributed by atoms with Gasteiger partial charge in [0.1, 0.15) is 11.2 Å². The normalized spacial score (nSPS) is 13.9. The molecule has 0 aliphatic heterocycles. The first-order chi connectivity index (χ1) is 23.4. The molecule has 1 aliphatic rings. The van der Waals surface area contributed by atoms with E-state index in [9.17, 15) is 0 Å². The quantitative estimate of drug-likeness (QED) is 0.191. The highest BCUT2D eigenvalue weighted by Crippen LogP contribution is 2.56. The van der Waals surface area contributed by atoms with Gasteiger partial charge < -0.3 is 9.32 Å². The molecular formula is C47H45NO. The first-order valence-corrected chi connectivity index (χ1v) is 17.5. The molecule has 1 aromatic heterocycles. The van der Waals surface area contributed by atoms with E-state index in [1.165, 1.54) is 55.6 Å². The van der Waals surface area contributed by atoms with Crippen LogP contribution in [0.4, 0.5) is 17.1 Å². The summed E-state index contributed by atoms with van der Waals surface area (Å²) in [5.74, 6) is 0. The van der Waals surface area contributed by atoms with Gasteiger partial charge in [0.2, 0.25) is 0 Å². The molecule has 1 heterocycles. The Labute approximate surface area is 291 Å². The number of hydrogen-bond donors (Lipinski definition) is 0. The van der Waals surface area contributed by atoms with Gasteiger partial charge in [-0.25, -0.2) is 0 Å². The van der Waals surface area contributed by atoms with Crippen molar-refractivity contribution in [3.63, 3.8) is 0 Å². The van der Waals surface area contributed by atoms with Crippen LogP contribution in [-0.2, 0) is 16.2 Å². The number of hydrogen-bond acceptors (Lipinski definition) is 2. The highest BCUT2D eigenvalue weighted by molar-refractivity contribution is 6.15. The van der Waals surface area contributed by atoms with Crippen LogP contribution in [0.3, 0.4) is 0 Å². The molecule has 0 saturated heterocycles. The minimum atomic E-state index is -0.201. The number of anilines is 3. The molecule has 0 spiro atoms. The summed E-state index contributed by atoms with van der Waals surface area (Å²) in [5.41, 5.74) is 15.3. The van der Waals surface area contributed by atoms with E-state index in [4.69, 9.17) is 4.42 Å². The molecule has 0 unspecified atom stereocenters. The SMILES string of the molecule is CC(C)(C)c1cc(C(C)(C)C)c2oc3cccc(N(c4ccccc4-c4ccccc4)c4cccc5c4C(C)(C)c4ccccc4-5)c3c2c1. The molecule has 0 radical (unpaired) electrons. The van der Waals surface area contributed by atoms with Crippen LogP contribution in [0, 0.1) is 0 Å². The van der Waals surface area contributed by atoms with Crippen LogP contribution in [0.5, 0.6) is 0 Å². The van der Waals surface area contributed by atoms with Crippen LogP contribution >= 0.6 is 0 Å². The van der Waals surface area contributed by atoms with E-state index in [1.807, 2.05) is 0 Å². The third-order valence-corrected chi connectivity index (χ3v) is 10.5. The maximum Gasteiger partial charge on any atom is 0.139 e. The lowest BCUT2D eigenvalue weighted by molar-refractivity contribution is 0.559. The van der Waals surface area contributed by atoms with E-state index >= 15 is 0 Å². The summed E-state index contributed by atoms with van der Waals surface area (Å²) in [6.45, 7) is 18.5. The molecule has 0 atom stereocenters. The average molecular weight is 640 g/mol. The van der Waals surface area contributed by atoms with E-state index in [0.717, 1.165) is 27.9 Å². The minimum absolute atomic E-state index is 0.0254. The molecule has 7 aromatic rings. The van der Waals surface area contributed by atoms with Crippen molar-refractivity contribution in [2.75, 3.05) is 4.90 Å². The Kier molecular flexibility index (Phi) is 6.99. The van der Waals surface area contributed by atoms with Gasteiger partial charge in [0.05, 0.1) is 22.4 Å². The Morgan fingerprint density at radius 1 is 0.551 bits per heavy atom. The van der Waals surface area contributed by atoms with Crippen molar-refractivity contribution in [1.82, 2.24) is 0 Å². The molecule has 1 aliphatic carbocycles. The van der Waals surface area contributed by atoms with Gasteiger partial charge in [-0.3, -0.25) is 0 Å². The summed E-state index contributed by atoms with van der Waals surface area (Å²) in [5, 5.41) is 2.31. The van der Waals surface area contributed by atoms with Crippen molar-refractivity contribution in [3.8, 4) is 22.3 Å². The Morgan fingerprint density at radius 2 is 1.16 bits per heavy atom. The average Bonchev–Trinajstić information content (AvgIpc) is 3.57. The lowest BCUT2D eigenvalue weighted by Crippen LogP contribution is -2.21. The number of fused-ring (bicyclic) bond motifs is 6. The summed E-state index contributed by atoms with van der Waals surface area (Å²) in [6.07, 6.45) is 0. The van der Waals surface area contributed by atoms with Gasteiger partial charge in [0.15, 0.2) is 0 Å². The second-order valence-corrected chi connectivity index (χ2v) is 16.2. The Balaban J connectivity index is 1.52. The van der Waals surface area contributed by atoms with Gasteiger partial charge in [0, 0.05) is 21.9 Å². The predicted octanol–water partition coefficient (Wildman–Crippen LogP) is 13.6. The van der Waals surface area contributed by atoms with Gasteiger partial charge in [-0.05, 0) is 74.5 Å². The van der Waals surface area contributed by atoms with Crippen molar-refractivity contribution < 1.29 is 4.42 Å². The summed E-state index contributed by atoms with van der Waals surface area (Å²) < 4.78 is 6.91. The minimum Gasteiger partial charge on any atom is -0.456 e. The molecule has 0 bridgehead atoms. The second kappa shape index (κ2) is 11.0. The maximum absolute atomic E-state index is 6.91. The first kappa shape index (κ1) is 31.2. The van der Waals surface area contributed by atoms with Gasteiger partial charge in [-0.2, -0.15) is 0 Å². The van der Waals surface area contributed by atoms with Crippen LogP contribution in [0.15, 0.2) is 132 Å². The van der Waals surface area contributed by atoms with Crippen molar-refractivity contribution in [3.05, 3.63) is 150 Å². The summed E-state index contributed by atoms with van der Waals surface area (Å²) in [4.78, 5) is 2.52. The van der Waals surface area contributed by atoms with E-state index in [2.05, 4.69) is 188 Å². The highest BCUT2D eigenvalue weighted by atomic mass is 16.3. The molecule has 0 saturated carbocycles. The van der Waals surface area contributed by atoms with Crippen LogP contribution in [0.1, 0.15) is 77.6 Å². The third kappa shape index (κ3) is 4.92. The Bertz CT molecular complexity index is 2380. The largest absolute Gasteiger partial charge is 0.456 e. The molecular weight excluding hydrogens is 595 g/mol. The molecule has 0 fully saturated rings. The number of rotatable bonds is 4. The van der Waals surface area contributed by atoms with Crippen molar-refractivity contribution in [2.24, 2.45) is 0 Å². The zero-order chi connectivity index (χ0) is 34.3. The van der Waals surface area contributed by atoms with Crippen LogP contribution in [0.25, 0.3) is 44.2 Å². The summed E-state index contributed by atoms with van der Waals surface area (Å²) in [7, 11) is 0. The molecule has 49 heavy (non-hydrogen) atoms. The van der Waals surface area contributed by atoms with Crippen molar-refractivity contribution in [1.29, 1.82) is 0 Å². The van der Waals surface area contributed by atoms with Crippen LogP contribution in [0.2, 0.25) is 0 Å². The van der Waals surface area contributed by atoms with Gasteiger partial charge >= 0.3 is 0 Å². The van der Waals surface area contributed by atoms with E-state index in [0.29, 0.717) is 0 Å². The van der Waals surface area contributed by atoms with E-state index < -0.39 is 0 Å². The van der Waals surface area contributed by atoms with Crippen molar-refractivity contribution in [2.45, 2.75) is 71.6 Å². The maximum atomic E-state index is 6.91. The molecule has 0 amide bonds. The van der Waals surface area contributed by atoms with E-state index in [-0.39, 0.29) is 16.2 Å². The first-order valence-electron chi connectivity index (χ1n) is 17.5. The number of benzene rings is 6. The fraction of sp³-hybridized carbons (Fsp3) is 0.234. The number of nitrogens with zero attached hydrogens (tertiary/aromatic N) is 1. The third-order valence-electron chi connectivity index (χ3n) is 10.5. The molecule has 244 valence electrons. The molecule has 2 nitrogen and oxygen atoms in total. The number of furan rings is 1. The van der Waals surface area contributed by atoms with Crippen molar-refractivity contribution >= 4 is 39.0 Å². The highest BCUT2D eigenvalue weighted by Gasteiger charge is 2.39. The summed E-state index contributed by atoms with van der Waals surface area (Å²) >= 11 is 0. The second-order valence-electron chi connectivity index (χ2n) is 16.2. The molecule has 0 N–H and O–H groups in total. The lowest BCUT2D eigenvalue weighted by atomic mass is 9.79. The molecule has 2 heteroatoms. The standard InChI is InChI=1S/C47H45NO/c1-45(2,3)31-28-35-42-39(25-17-27-41(42)49-44(35)37(29-31)46(4,5)6)48(38-24-15-13-20-32(38)30-18-10-9-11-19-30)40-26-16-22-34-33-21-12-14-23-36(33)47(7,8)43(34)40/h9-29H,1-8H3. The fourth-order valence-corrected chi connectivity index (χ4v) is 8.01. The predicted molar refractivity (Wildman–Crippen MR) is 209 cm³/mol. The summed E-state index contributed by atoms with van der Waals surface area (Å²) in [6, 6.07) is 46.7. The Hall–Kier alpha value is -5.08. The fourth-order valence-electron chi connectivity index (χ4n) is 8.01. The van der Waals surface area contributed by atoms with Gasteiger partial charge in [-0.1, -0.05) is 152 Å². The molecule has 8 rings (SSSR count). The Morgan fingerprint density at radius 3 is 1.90 bits per heavy atom. The van der Waals surface area contributed by atoms with Crippen LogP contribution < -0.4 is 4.90 Å².